The SMILES string of the molecule is O=C(Nc1cnn(Cc2c(F)cc(F)c(F)c2F)c1)c1ccn(Cn2cnc([N+](=O)[O-])n2)n1. The Morgan fingerprint density at radius 1 is 1.09 bits per heavy atom. The zero-order valence-electron chi connectivity index (χ0n) is 16.2. The summed E-state index contributed by atoms with van der Waals surface area (Å²) in [6, 6.07) is 1.60. The van der Waals surface area contributed by atoms with Crippen molar-refractivity contribution < 1.29 is 27.3 Å². The van der Waals surface area contributed by atoms with Crippen LogP contribution in [0.25, 0.3) is 0 Å². The number of hydrogen-bond acceptors (Lipinski definition) is 7. The van der Waals surface area contributed by atoms with Crippen LogP contribution >= 0.6 is 0 Å². The van der Waals surface area contributed by atoms with Crippen molar-refractivity contribution in [2.45, 2.75) is 13.2 Å². The lowest BCUT2D eigenvalue weighted by atomic mass is 10.2. The Labute approximate surface area is 180 Å². The van der Waals surface area contributed by atoms with Gasteiger partial charge in [-0.25, -0.2) is 22.2 Å². The molecule has 3 heterocycles. The first-order valence-corrected chi connectivity index (χ1v) is 8.94. The normalized spacial score (nSPS) is 11.0. The van der Waals surface area contributed by atoms with Crippen LogP contribution in [0, 0.1) is 33.4 Å². The van der Waals surface area contributed by atoms with Gasteiger partial charge in [-0.15, -0.1) is 0 Å². The van der Waals surface area contributed by atoms with Gasteiger partial charge < -0.3 is 15.4 Å². The van der Waals surface area contributed by atoms with Crippen LogP contribution in [0.2, 0.25) is 0 Å². The second kappa shape index (κ2) is 8.48. The summed E-state index contributed by atoms with van der Waals surface area (Å²) in [6.07, 6.45) is 4.97. The van der Waals surface area contributed by atoms with Crippen molar-refractivity contribution in [2.75, 3.05) is 5.32 Å². The van der Waals surface area contributed by atoms with E-state index < -0.39 is 52.2 Å². The number of hydrogen-bond donors (Lipinski definition) is 1. The van der Waals surface area contributed by atoms with Gasteiger partial charge in [0, 0.05) is 29.1 Å². The second-order valence-electron chi connectivity index (χ2n) is 6.55. The van der Waals surface area contributed by atoms with E-state index in [1.54, 1.807) is 0 Å². The number of carbonyl (C=O) groups is 1. The number of nitrogens with zero attached hydrogens (tertiary/aromatic N) is 8. The molecule has 0 saturated heterocycles. The fourth-order valence-electron chi connectivity index (χ4n) is 2.77. The van der Waals surface area contributed by atoms with Gasteiger partial charge in [0.2, 0.25) is 6.33 Å². The molecule has 1 aromatic carbocycles. The molecular formula is C17H11F4N9O3. The van der Waals surface area contributed by atoms with Crippen molar-refractivity contribution in [1.29, 1.82) is 0 Å². The van der Waals surface area contributed by atoms with Gasteiger partial charge in [0.15, 0.2) is 29.8 Å². The van der Waals surface area contributed by atoms with Crippen LogP contribution < -0.4 is 5.32 Å². The van der Waals surface area contributed by atoms with E-state index in [1.807, 2.05) is 0 Å². The average Bonchev–Trinajstić information content (AvgIpc) is 3.51. The van der Waals surface area contributed by atoms with Gasteiger partial charge in [-0.2, -0.15) is 14.9 Å². The van der Waals surface area contributed by atoms with Crippen molar-refractivity contribution in [3.05, 3.63) is 81.7 Å². The van der Waals surface area contributed by atoms with Gasteiger partial charge in [0.25, 0.3) is 5.91 Å². The lowest BCUT2D eigenvalue weighted by Crippen LogP contribution is -2.15. The smallest absolute Gasteiger partial charge is 0.390 e. The summed E-state index contributed by atoms with van der Waals surface area (Å²) in [6.45, 7) is -0.596. The second-order valence-corrected chi connectivity index (χ2v) is 6.55. The van der Waals surface area contributed by atoms with Crippen LogP contribution in [0.15, 0.2) is 37.1 Å². The largest absolute Gasteiger partial charge is 0.491 e. The molecule has 3 aromatic heterocycles. The zero-order chi connectivity index (χ0) is 23.7. The van der Waals surface area contributed by atoms with E-state index in [0.717, 1.165) is 15.7 Å². The minimum Gasteiger partial charge on any atom is -0.390 e. The Morgan fingerprint density at radius 3 is 2.61 bits per heavy atom. The molecule has 0 saturated carbocycles. The summed E-state index contributed by atoms with van der Waals surface area (Å²) in [5.74, 6) is -7.64. The molecule has 0 spiro atoms. The molecule has 1 N–H and O–H groups in total. The molecule has 12 nitrogen and oxygen atoms in total. The summed E-state index contributed by atoms with van der Waals surface area (Å²) in [4.78, 5) is 25.7. The number of nitro groups is 1. The number of nitrogens with one attached hydrogen (secondary N) is 1. The third-order valence-electron chi connectivity index (χ3n) is 4.27. The number of amides is 1. The van der Waals surface area contributed by atoms with E-state index in [0.29, 0.717) is 0 Å². The standard InChI is InChI=1S/C17H11F4N9O3/c18-11-3-12(19)15(21)14(20)10(11)6-28-5-9(4-23-28)24-16(31)13-1-2-27(25-13)8-29-7-22-17(26-29)30(32)33/h1-5,7H,6,8H2,(H,24,31). The maximum atomic E-state index is 13.8. The maximum Gasteiger partial charge on any atom is 0.491 e. The van der Waals surface area contributed by atoms with Crippen molar-refractivity contribution in [3.8, 4) is 0 Å². The van der Waals surface area contributed by atoms with E-state index >= 15 is 0 Å². The lowest BCUT2D eigenvalue weighted by molar-refractivity contribution is -0.394. The molecule has 0 radical (unpaired) electrons. The van der Waals surface area contributed by atoms with Crippen molar-refractivity contribution in [1.82, 2.24) is 34.3 Å². The van der Waals surface area contributed by atoms with E-state index in [1.165, 1.54) is 29.3 Å². The highest BCUT2D eigenvalue weighted by atomic mass is 19.2. The molecule has 0 fully saturated rings. The van der Waals surface area contributed by atoms with Crippen molar-refractivity contribution in [3.63, 3.8) is 0 Å². The predicted molar refractivity (Wildman–Crippen MR) is 99.9 cm³/mol. The maximum absolute atomic E-state index is 13.8. The third-order valence-corrected chi connectivity index (χ3v) is 4.27. The number of anilines is 1. The molecule has 16 heteroatoms. The summed E-state index contributed by atoms with van der Waals surface area (Å²) in [5.41, 5.74) is -0.609. The minimum absolute atomic E-state index is 0.0185. The molecule has 0 unspecified atom stereocenters. The molecular weight excluding hydrogens is 454 g/mol. The van der Waals surface area contributed by atoms with Crippen LogP contribution in [0.1, 0.15) is 16.1 Å². The zero-order valence-corrected chi connectivity index (χ0v) is 16.2. The lowest BCUT2D eigenvalue weighted by Gasteiger charge is -2.06. The molecule has 170 valence electrons. The summed E-state index contributed by atoms with van der Waals surface area (Å²) in [7, 11) is 0. The monoisotopic (exact) mass is 465 g/mol. The van der Waals surface area contributed by atoms with Crippen molar-refractivity contribution >= 4 is 17.5 Å². The average molecular weight is 465 g/mol. The first-order chi connectivity index (χ1) is 15.7. The highest BCUT2D eigenvalue weighted by Crippen LogP contribution is 2.20. The topological polar surface area (TPSA) is 139 Å². The van der Waals surface area contributed by atoms with Gasteiger partial charge in [-0.05, 0) is 11.0 Å². The van der Waals surface area contributed by atoms with Crippen LogP contribution in [-0.4, -0.2) is 45.2 Å². The first-order valence-electron chi connectivity index (χ1n) is 8.94. The number of carbonyl (C=O) groups excluding carboxylic acids is 1. The van der Waals surface area contributed by atoms with Crippen molar-refractivity contribution in [2.24, 2.45) is 0 Å². The molecule has 4 aromatic rings. The summed E-state index contributed by atoms with van der Waals surface area (Å²) >= 11 is 0. The minimum atomic E-state index is -1.80. The molecule has 0 atom stereocenters. The molecule has 4 rings (SSSR count). The molecule has 0 bridgehead atoms. The molecule has 1 amide bonds. The van der Waals surface area contributed by atoms with Crippen LogP contribution in [0.3, 0.4) is 0 Å². The van der Waals surface area contributed by atoms with E-state index in [9.17, 15) is 32.5 Å². The first kappa shape index (κ1) is 21.6. The molecule has 0 aliphatic rings. The molecule has 0 aliphatic heterocycles. The highest BCUT2D eigenvalue weighted by molar-refractivity contribution is 6.02. The van der Waals surface area contributed by atoms with Crippen LogP contribution in [0.5, 0.6) is 0 Å². The quantitative estimate of drug-likeness (QED) is 0.145. The van der Waals surface area contributed by atoms with Gasteiger partial charge in [-0.3, -0.25) is 9.48 Å². The van der Waals surface area contributed by atoms with Gasteiger partial charge in [0.1, 0.15) is 5.82 Å². The Balaban J connectivity index is 1.41. The third kappa shape index (κ3) is 4.53. The van der Waals surface area contributed by atoms with Crippen LogP contribution in [-0.2, 0) is 13.2 Å². The predicted octanol–water partition coefficient (Wildman–Crippen LogP) is 1.94. The van der Waals surface area contributed by atoms with E-state index in [4.69, 9.17) is 0 Å². The van der Waals surface area contributed by atoms with Crippen LogP contribution in [0.4, 0.5) is 29.2 Å². The Hall–Kier alpha value is -4.63. The van der Waals surface area contributed by atoms with E-state index in [2.05, 4.69) is 25.6 Å². The summed E-state index contributed by atoms with van der Waals surface area (Å²) in [5, 5.41) is 24.5. The fourth-order valence-corrected chi connectivity index (χ4v) is 2.77. The van der Waals surface area contributed by atoms with Gasteiger partial charge >= 0.3 is 5.95 Å². The van der Waals surface area contributed by atoms with Gasteiger partial charge in [0.05, 0.1) is 18.4 Å². The summed E-state index contributed by atoms with van der Waals surface area (Å²) < 4.78 is 57.5. The molecule has 0 aliphatic carbocycles. The number of aromatic nitrogens is 7. The Bertz CT molecular complexity index is 1360. The van der Waals surface area contributed by atoms with Gasteiger partial charge in [-0.1, -0.05) is 4.98 Å². The number of halogens is 4. The highest BCUT2D eigenvalue weighted by Gasteiger charge is 2.20. The Morgan fingerprint density at radius 2 is 1.88 bits per heavy atom. The fraction of sp³-hybridized carbons (Fsp3) is 0.118. The number of benzene rings is 1. The number of rotatable bonds is 7. The molecule has 33 heavy (non-hydrogen) atoms. The van der Waals surface area contributed by atoms with E-state index in [-0.39, 0.29) is 24.1 Å². The Kier molecular flexibility index (Phi) is 5.55.